The molecule has 0 spiro atoms. The molecule has 0 aliphatic carbocycles. The van der Waals surface area contributed by atoms with Crippen molar-refractivity contribution in [3.63, 3.8) is 0 Å². The molecule has 0 fully saturated rings. The lowest BCUT2D eigenvalue weighted by Crippen LogP contribution is -2.24. The summed E-state index contributed by atoms with van der Waals surface area (Å²) in [6.07, 6.45) is 7.66. The second-order valence-electron chi connectivity index (χ2n) is 7.80. The van der Waals surface area contributed by atoms with Gasteiger partial charge in [-0.15, -0.1) is 0 Å². The highest BCUT2D eigenvalue weighted by atomic mass is 16.5. The number of ether oxygens (including phenoxy) is 1. The van der Waals surface area contributed by atoms with Crippen molar-refractivity contribution < 1.29 is 9.53 Å². The molecule has 7 nitrogen and oxygen atoms in total. The molecule has 0 atom stereocenters. The van der Waals surface area contributed by atoms with Crippen LogP contribution in [-0.4, -0.2) is 27.3 Å². The molecule has 2 heterocycles. The highest BCUT2D eigenvalue weighted by Gasteiger charge is 2.15. The van der Waals surface area contributed by atoms with E-state index in [1.807, 2.05) is 72.9 Å². The summed E-state index contributed by atoms with van der Waals surface area (Å²) in [7, 11) is 0. The van der Waals surface area contributed by atoms with Crippen molar-refractivity contribution in [1.29, 1.82) is 5.26 Å². The summed E-state index contributed by atoms with van der Waals surface area (Å²) in [5.74, 6) is 0.320. The number of nitriles is 1. The summed E-state index contributed by atoms with van der Waals surface area (Å²) in [5, 5.41) is 17.3. The van der Waals surface area contributed by atoms with E-state index in [2.05, 4.69) is 17.2 Å². The first-order valence-corrected chi connectivity index (χ1v) is 11.3. The number of nitrogens with one attached hydrogen (secondary N) is 1. The van der Waals surface area contributed by atoms with Crippen LogP contribution in [0.5, 0.6) is 5.75 Å². The van der Waals surface area contributed by atoms with E-state index in [9.17, 15) is 10.1 Å². The summed E-state index contributed by atoms with van der Waals surface area (Å²) in [6.45, 7) is 2.99. The van der Waals surface area contributed by atoms with Gasteiger partial charge in [0.25, 0.3) is 5.91 Å². The van der Waals surface area contributed by atoms with Crippen LogP contribution >= 0.6 is 0 Å². The molecule has 0 aliphatic rings. The van der Waals surface area contributed by atoms with E-state index in [1.165, 1.54) is 0 Å². The van der Waals surface area contributed by atoms with Crippen LogP contribution in [0.3, 0.4) is 0 Å². The van der Waals surface area contributed by atoms with Gasteiger partial charge in [-0.3, -0.25) is 9.78 Å². The van der Waals surface area contributed by atoms with Gasteiger partial charge in [0.15, 0.2) is 0 Å². The van der Waals surface area contributed by atoms with Crippen molar-refractivity contribution in [2.45, 2.75) is 19.9 Å². The number of hydrogen-bond donors (Lipinski definition) is 1. The SMILES string of the molecule is CCCOc1ccc(-c2nn(-c3ccccc3)cc2C=C(C#N)C(=O)NCc2cccnc2)cc1. The summed E-state index contributed by atoms with van der Waals surface area (Å²) >= 11 is 0. The van der Waals surface area contributed by atoms with Crippen LogP contribution in [0, 0.1) is 11.3 Å². The number of benzene rings is 2. The van der Waals surface area contributed by atoms with Crippen molar-refractivity contribution >= 4 is 12.0 Å². The van der Waals surface area contributed by atoms with Gasteiger partial charge in [0, 0.05) is 36.3 Å². The van der Waals surface area contributed by atoms with Crippen molar-refractivity contribution in [2.24, 2.45) is 0 Å². The second kappa shape index (κ2) is 11.4. The van der Waals surface area contributed by atoms with Gasteiger partial charge in [-0.2, -0.15) is 10.4 Å². The van der Waals surface area contributed by atoms with Gasteiger partial charge in [-0.25, -0.2) is 4.68 Å². The molecule has 2 aromatic carbocycles. The zero-order chi connectivity index (χ0) is 24.5. The lowest BCUT2D eigenvalue weighted by molar-refractivity contribution is -0.117. The molecule has 0 saturated carbocycles. The lowest BCUT2D eigenvalue weighted by atomic mass is 10.1. The third-order valence-corrected chi connectivity index (χ3v) is 5.20. The molecule has 4 rings (SSSR count). The highest BCUT2D eigenvalue weighted by molar-refractivity contribution is 6.02. The van der Waals surface area contributed by atoms with E-state index < -0.39 is 5.91 Å². The molecule has 1 amide bonds. The van der Waals surface area contributed by atoms with Crippen LogP contribution < -0.4 is 10.1 Å². The Hall–Kier alpha value is -4.70. The van der Waals surface area contributed by atoms with Gasteiger partial charge in [-0.05, 0) is 60.5 Å². The average Bonchev–Trinajstić information content (AvgIpc) is 3.34. The highest BCUT2D eigenvalue weighted by Crippen LogP contribution is 2.27. The minimum absolute atomic E-state index is 0.00866. The smallest absolute Gasteiger partial charge is 0.262 e. The fourth-order valence-electron chi connectivity index (χ4n) is 3.44. The number of carbonyl (C=O) groups excluding carboxylic acids is 1. The van der Waals surface area contributed by atoms with E-state index >= 15 is 0 Å². The van der Waals surface area contributed by atoms with E-state index in [4.69, 9.17) is 9.84 Å². The maximum Gasteiger partial charge on any atom is 0.262 e. The van der Waals surface area contributed by atoms with Crippen molar-refractivity contribution in [3.05, 3.63) is 102 Å². The molecule has 2 aromatic heterocycles. The van der Waals surface area contributed by atoms with Gasteiger partial charge >= 0.3 is 0 Å². The second-order valence-corrected chi connectivity index (χ2v) is 7.80. The number of aromatic nitrogens is 3. The molecule has 1 N–H and O–H groups in total. The van der Waals surface area contributed by atoms with Gasteiger partial charge in [0.05, 0.1) is 18.0 Å². The average molecular weight is 464 g/mol. The third kappa shape index (κ3) is 6.01. The van der Waals surface area contributed by atoms with E-state index in [-0.39, 0.29) is 12.1 Å². The Morgan fingerprint density at radius 2 is 1.91 bits per heavy atom. The fourth-order valence-corrected chi connectivity index (χ4v) is 3.44. The van der Waals surface area contributed by atoms with Crippen molar-refractivity contribution in [1.82, 2.24) is 20.1 Å². The number of pyridine rings is 1. The topological polar surface area (TPSA) is 92.8 Å². The summed E-state index contributed by atoms with van der Waals surface area (Å²) in [6, 6.07) is 23.0. The molecule has 4 aromatic rings. The largest absolute Gasteiger partial charge is 0.494 e. The molecular weight excluding hydrogens is 438 g/mol. The Kier molecular flexibility index (Phi) is 7.66. The summed E-state index contributed by atoms with van der Waals surface area (Å²) < 4.78 is 7.43. The van der Waals surface area contributed by atoms with E-state index in [1.54, 1.807) is 29.2 Å². The molecule has 0 saturated heterocycles. The Morgan fingerprint density at radius 1 is 1.11 bits per heavy atom. The molecule has 0 unspecified atom stereocenters. The Balaban J connectivity index is 1.66. The van der Waals surface area contributed by atoms with E-state index in [0.29, 0.717) is 17.9 Å². The van der Waals surface area contributed by atoms with Crippen LogP contribution in [0.2, 0.25) is 0 Å². The minimum atomic E-state index is -0.460. The van der Waals surface area contributed by atoms with Crippen LogP contribution in [-0.2, 0) is 11.3 Å². The van der Waals surface area contributed by atoms with Crippen molar-refractivity contribution in [3.8, 4) is 28.8 Å². The van der Waals surface area contributed by atoms with Gasteiger partial charge in [-0.1, -0.05) is 31.2 Å². The lowest BCUT2D eigenvalue weighted by Gasteiger charge is -2.06. The zero-order valence-corrected chi connectivity index (χ0v) is 19.4. The normalized spacial score (nSPS) is 11.0. The molecule has 0 radical (unpaired) electrons. The zero-order valence-electron chi connectivity index (χ0n) is 19.4. The summed E-state index contributed by atoms with van der Waals surface area (Å²) in [4.78, 5) is 16.8. The molecule has 0 bridgehead atoms. The monoisotopic (exact) mass is 463 g/mol. The first kappa shape index (κ1) is 23.5. The van der Waals surface area contributed by atoms with Crippen molar-refractivity contribution in [2.75, 3.05) is 6.61 Å². The van der Waals surface area contributed by atoms with E-state index in [0.717, 1.165) is 29.0 Å². The Morgan fingerprint density at radius 3 is 2.60 bits per heavy atom. The third-order valence-electron chi connectivity index (χ3n) is 5.20. The fraction of sp³-hybridized carbons (Fsp3) is 0.143. The number of carbonyl (C=O) groups is 1. The molecule has 7 heteroatoms. The summed E-state index contributed by atoms with van der Waals surface area (Å²) in [5.41, 5.74) is 3.87. The van der Waals surface area contributed by atoms with Crippen LogP contribution in [0.1, 0.15) is 24.5 Å². The van der Waals surface area contributed by atoms with Crippen LogP contribution in [0.15, 0.2) is 90.9 Å². The first-order valence-electron chi connectivity index (χ1n) is 11.3. The number of nitrogens with zero attached hydrogens (tertiary/aromatic N) is 4. The quantitative estimate of drug-likeness (QED) is 0.280. The van der Waals surface area contributed by atoms with Crippen LogP contribution in [0.25, 0.3) is 23.0 Å². The number of hydrogen-bond acceptors (Lipinski definition) is 5. The Labute approximate surface area is 204 Å². The maximum absolute atomic E-state index is 12.8. The Bertz CT molecular complexity index is 1340. The number of amides is 1. The number of para-hydroxylation sites is 1. The van der Waals surface area contributed by atoms with Gasteiger partial charge in [0.1, 0.15) is 17.4 Å². The molecule has 174 valence electrons. The van der Waals surface area contributed by atoms with Gasteiger partial charge in [0.2, 0.25) is 0 Å². The number of rotatable bonds is 9. The molecular formula is C28H25N5O2. The van der Waals surface area contributed by atoms with Crippen LogP contribution in [0.4, 0.5) is 0 Å². The first-order chi connectivity index (χ1) is 17.2. The predicted molar refractivity (Wildman–Crippen MR) is 134 cm³/mol. The minimum Gasteiger partial charge on any atom is -0.494 e. The predicted octanol–water partition coefficient (Wildman–Crippen LogP) is 4.95. The van der Waals surface area contributed by atoms with Gasteiger partial charge < -0.3 is 10.1 Å². The standard InChI is InChI=1S/C28H25N5O2/c1-2-15-35-26-12-10-22(11-13-26)27-24(20-33(32-27)25-8-4-3-5-9-25)16-23(17-29)28(34)31-19-21-7-6-14-30-18-21/h3-14,16,18,20H,2,15,19H2,1H3,(H,31,34). The molecule has 35 heavy (non-hydrogen) atoms. The maximum atomic E-state index is 12.8. The molecule has 0 aliphatic heterocycles.